The molecule has 4 nitrogen and oxygen atoms in total. The second-order valence-corrected chi connectivity index (χ2v) is 8.50. The summed E-state index contributed by atoms with van der Waals surface area (Å²) in [6.45, 7) is 0. The van der Waals surface area contributed by atoms with E-state index in [1.807, 2.05) is 48.2 Å². The molecular formula is C22H32N2O2S. The molecule has 0 fully saturated rings. The maximum absolute atomic E-state index is 12.3. The van der Waals surface area contributed by atoms with Gasteiger partial charge in [-0.25, -0.2) is 0 Å². The van der Waals surface area contributed by atoms with E-state index in [4.69, 9.17) is 0 Å². The molecule has 0 aliphatic heterocycles. The van der Waals surface area contributed by atoms with Gasteiger partial charge in [-0.3, -0.25) is 9.59 Å². The minimum atomic E-state index is -0.382. The zero-order valence-electron chi connectivity index (χ0n) is 16.5. The Bertz CT molecular complexity index is 584. The first-order valence-corrected chi connectivity index (χ1v) is 10.9. The standard InChI is InChI=1S/C22H32N2O2S/c1-23-19(25)21(11-5-3-6-12-21)15-9-17-27-18-10-16-22(20(26)24-2)13-7-4-8-14-22/h3-8,11,13H,9-10,12,14-18H2,1-2H3,(H,23,25)(H,24,26). The SMILES string of the molecule is CNC(=O)C1(CCCSCCCC2(C(=O)NC)C=CC=CC2)C=CC=CC1. The largest absolute Gasteiger partial charge is 0.358 e. The van der Waals surface area contributed by atoms with Gasteiger partial charge >= 0.3 is 0 Å². The number of hydrogen-bond donors (Lipinski definition) is 2. The highest BCUT2D eigenvalue weighted by molar-refractivity contribution is 7.99. The van der Waals surface area contributed by atoms with Crippen molar-refractivity contribution in [1.82, 2.24) is 10.6 Å². The Kier molecular flexibility index (Phi) is 8.42. The van der Waals surface area contributed by atoms with E-state index in [1.165, 1.54) is 0 Å². The Morgan fingerprint density at radius 3 is 1.59 bits per heavy atom. The average molecular weight is 389 g/mol. The van der Waals surface area contributed by atoms with Crippen molar-refractivity contribution in [3.8, 4) is 0 Å². The molecule has 2 rings (SSSR count). The van der Waals surface area contributed by atoms with Gasteiger partial charge in [0.05, 0.1) is 10.8 Å². The van der Waals surface area contributed by atoms with Gasteiger partial charge in [-0.2, -0.15) is 11.8 Å². The highest BCUT2D eigenvalue weighted by atomic mass is 32.2. The normalized spacial score (nSPS) is 26.1. The zero-order chi connectivity index (χ0) is 19.6. The van der Waals surface area contributed by atoms with Crippen LogP contribution in [0.4, 0.5) is 0 Å². The monoisotopic (exact) mass is 388 g/mol. The molecule has 0 aromatic carbocycles. The quantitative estimate of drug-likeness (QED) is 0.560. The molecule has 2 N–H and O–H groups in total. The molecule has 0 spiro atoms. The molecule has 0 saturated carbocycles. The molecule has 2 atom stereocenters. The molecule has 2 amide bonds. The number of hydrogen-bond acceptors (Lipinski definition) is 3. The summed E-state index contributed by atoms with van der Waals surface area (Å²) in [4.78, 5) is 24.6. The predicted octanol–water partition coefficient (Wildman–Crippen LogP) is 3.78. The molecule has 0 heterocycles. The van der Waals surface area contributed by atoms with E-state index in [1.54, 1.807) is 14.1 Å². The van der Waals surface area contributed by atoms with Crippen LogP contribution in [-0.2, 0) is 9.59 Å². The summed E-state index contributed by atoms with van der Waals surface area (Å²) in [5.41, 5.74) is -0.765. The van der Waals surface area contributed by atoms with Crippen LogP contribution in [0.3, 0.4) is 0 Å². The van der Waals surface area contributed by atoms with Gasteiger partial charge in [-0.15, -0.1) is 0 Å². The molecule has 0 saturated heterocycles. The number of thioether (sulfide) groups is 1. The molecule has 148 valence electrons. The molecule has 0 radical (unpaired) electrons. The fourth-order valence-corrected chi connectivity index (χ4v) is 4.74. The third-order valence-electron chi connectivity index (χ3n) is 5.47. The number of carbonyl (C=O) groups is 2. The number of nitrogens with one attached hydrogen (secondary N) is 2. The molecule has 2 unspecified atom stereocenters. The van der Waals surface area contributed by atoms with Crippen molar-refractivity contribution in [2.24, 2.45) is 10.8 Å². The van der Waals surface area contributed by atoms with Gasteiger partial charge in [-0.05, 0) is 50.0 Å². The summed E-state index contributed by atoms with van der Waals surface area (Å²) >= 11 is 1.92. The first-order chi connectivity index (χ1) is 13.1. The minimum Gasteiger partial charge on any atom is -0.358 e. The van der Waals surface area contributed by atoms with Gasteiger partial charge in [-0.1, -0.05) is 48.6 Å². The van der Waals surface area contributed by atoms with E-state index < -0.39 is 0 Å². The van der Waals surface area contributed by atoms with Crippen molar-refractivity contribution in [2.45, 2.75) is 38.5 Å². The Morgan fingerprint density at radius 1 is 0.815 bits per heavy atom. The maximum atomic E-state index is 12.3. The highest BCUT2D eigenvalue weighted by Gasteiger charge is 2.35. The summed E-state index contributed by atoms with van der Waals surface area (Å²) in [6.07, 6.45) is 21.6. The molecular weight excluding hydrogens is 356 g/mol. The Morgan fingerprint density at radius 2 is 1.26 bits per heavy atom. The minimum absolute atomic E-state index is 0.109. The van der Waals surface area contributed by atoms with Crippen LogP contribution in [0.1, 0.15) is 38.5 Å². The molecule has 0 bridgehead atoms. The lowest BCUT2D eigenvalue weighted by atomic mass is 9.77. The number of rotatable bonds is 10. The van der Waals surface area contributed by atoms with Gasteiger partial charge in [0.1, 0.15) is 0 Å². The summed E-state index contributed by atoms with van der Waals surface area (Å²) in [7, 11) is 3.42. The van der Waals surface area contributed by atoms with Gasteiger partial charge in [0.2, 0.25) is 11.8 Å². The van der Waals surface area contributed by atoms with E-state index in [9.17, 15) is 9.59 Å². The van der Waals surface area contributed by atoms with Crippen LogP contribution in [0.25, 0.3) is 0 Å². The van der Waals surface area contributed by atoms with Gasteiger partial charge < -0.3 is 10.6 Å². The summed E-state index contributed by atoms with van der Waals surface area (Å²) in [5, 5.41) is 5.63. The first kappa shape index (κ1) is 21.5. The van der Waals surface area contributed by atoms with Gasteiger partial charge in [0.25, 0.3) is 0 Å². The second-order valence-electron chi connectivity index (χ2n) is 7.27. The molecule has 0 aromatic heterocycles. The maximum Gasteiger partial charge on any atom is 0.230 e. The molecule has 2 aliphatic rings. The Hall–Kier alpha value is -1.75. The van der Waals surface area contributed by atoms with E-state index >= 15 is 0 Å². The van der Waals surface area contributed by atoms with Crippen molar-refractivity contribution in [2.75, 3.05) is 25.6 Å². The van der Waals surface area contributed by atoms with Crippen molar-refractivity contribution in [1.29, 1.82) is 0 Å². The van der Waals surface area contributed by atoms with Crippen LogP contribution in [0.5, 0.6) is 0 Å². The lowest BCUT2D eigenvalue weighted by molar-refractivity contribution is -0.129. The average Bonchev–Trinajstić information content (AvgIpc) is 2.73. The number of carbonyl (C=O) groups excluding carboxylic acids is 2. The van der Waals surface area contributed by atoms with E-state index in [0.717, 1.165) is 50.0 Å². The molecule has 5 heteroatoms. The fourth-order valence-electron chi connectivity index (χ4n) is 3.84. The lowest BCUT2D eigenvalue weighted by Gasteiger charge is -2.29. The van der Waals surface area contributed by atoms with Crippen molar-refractivity contribution in [3.63, 3.8) is 0 Å². The third kappa shape index (κ3) is 5.61. The molecule has 0 aromatic rings. The number of allylic oxidation sites excluding steroid dienone is 6. The Balaban J connectivity index is 1.71. The summed E-state index contributed by atoms with van der Waals surface area (Å²) in [6, 6.07) is 0. The second kappa shape index (κ2) is 10.5. The topological polar surface area (TPSA) is 58.2 Å². The fraction of sp³-hybridized carbons (Fsp3) is 0.545. The van der Waals surface area contributed by atoms with Crippen LogP contribution >= 0.6 is 11.8 Å². The van der Waals surface area contributed by atoms with E-state index in [2.05, 4.69) is 22.8 Å². The van der Waals surface area contributed by atoms with Crippen LogP contribution in [0.2, 0.25) is 0 Å². The van der Waals surface area contributed by atoms with Crippen LogP contribution in [-0.4, -0.2) is 37.4 Å². The third-order valence-corrected chi connectivity index (χ3v) is 6.63. The van der Waals surface area contributed by atoms with E-state index in [0.29, 0.717) is 0 Å². The smallest absolute Gasteiger partial charge is 0.230 e. The summed E-state index contributed by atoms with van der Waals surface area (Å²) in [5.74, 6) is 2.30. The van der Waals surface area contributed by atoms with Crippen molar-refractivity contribution in [3.05, 3.63) is 48.6 Å². The molecule has 2 aliphatic carbocycles. The lowest BCUT2D eigenvalue weighted by Crippen LogP contribution is -2.38. The number of amides is 2. The predicted molar refractivity (Wildman–Crippen MR) is 115 cm³/mol. The van der Waals surface area contributed by atoms with Gasteiger partial charge in [0, 0.05) is 14.1 Å². The van der Waals surface area contributed by atoms with Crippen molar-refractivity contribution >= 4 is 23.6 Å². The first-order valence-electron chi connectivity index (χ1n) is 9.79. The van der Waals surface area contributed by atoms with Crippen LogP contribution in [0.15, 0.2) is 48.6 Å². The molecule has 27 heavy (non-hydrogen) atoms. The van der Waals surface area contributed by atoms with Crippen molar-refractivity contribution < 1.29 is 9.59 Å². The van der Waals surface area contributed by atoms with Gasteiger partial charge in [0.15, 0.2) is 0 Å². The zero-order valence-corrected chi connectivity index (χ0v) is 17.3. The van der Waals surface area contributed by atoms with E-state index in [-0.39, 0.29) is 22.6 Å². The highest BCUT2D eigenvalue weighted by Crippen LogP contribution is 2.35. The summed E-state index contributed by atoms with van der Waals surface area (Å²) < 4.78 is 0. The van der Waals surface area contributed by atoms with Crippen LogP contribution in [0, 0.1) is 10.8 Å². The Labute approximate surface area is 167 Å². The van der Waals surface area contributed by atoms with Crippen LogP contribution < -0.4 is 10.6 Å².